The van der Waals surface area contributed by atoms with Gasteiger partial charge in [-0.2, -0.15) is 8.78 Å². The van der Waals surface area contributed by atoms with Crippen LogP contribution in [0.1, 0.15) is 4.88 Å². The molecule has 0 saturated heterocycles. The van der Waals surface area contributed by atoms with E-state index in [-0.39, 0.29) is 0 Å². The molecule has 0 aliphatic heterocycles. The SMILES string of the molecule is O=C(O)C(F)(F)Cc1cccs1. The lowest BCUT2D eigenvalue weighted by Crippen LogP contribution is -2.30. The molecule has 1 rings (SSSR count). The van der Waals surface area contributed by atoms with Crippen molar-refractivity contribution in [1.82, 2.24) is 0 Å². The molecule has 5 heteroatoms. The van der Waals surface area contributed by atoms with Crippen molar-refractivity contribution < 1.29 is 18.7 Å². The van der Waals surface area contributed by atoms with Crippen LogP contribution in [0.3, 0.4) is 0 Å². The molecule has 0 aromatic carbocycles. The molecule has 0 bridgehead atoms. The highest BCUT2D eigenvalue weighted by Gasteiger charge is 2.38. The number of carboxylic acid groups (broad SMARTS) is 1. The van der Waals surface area contributed by atoms with E-state index >= 15 is 0 Å². The predicted octanol–water partition coefficient (Wildman–Crippen LogP) is 2.01. The summed E-state index contributed by atoms with van der Waals surface area (Å²) >= 11 is 1.12. The lowest BCUT2D eigenvalue weighted by Gasteiger charge is -2.08. The second-order valence-corrected chi connectivity index (χ2v) is 3.30. The average molecular weight is 192 g/mol. The number of thiophene rings is 1. The van der Waals surface area contributed by atoms with Crippen LogP contribution in [0.4, 0.5) is 8.78 Å². The largest absolute Gasteiger partial charge is 0.477 e. The number of alkyl halides is 2. The van der Waals surface area contributed by atoms with E-state index in [1.165, 1.54) is 6.07 Å². The van der Waals surface area contributed by atoms with Crippen LogP contribution in [0, 0.1) is 0 Å². The summed E-state index contributed by atoms with van der Waals surface area (Å²) in [4.78, 5) is 10.4. The van der Waals surface area contributed by atoms with E-state index in [0.717, 1.165) is 11.3 Å². The Kier molecular flexibility index (Phi) is 2.42. The Morgan fingerprint density at radius 3 is 2.75 bits per heavy atom. The fourth-order valence-electron chi connectivity index (χ4n) is 0.708. The van der Waals surface area contributed by atoms with E-state index in [1.54, 1.807) is 11.4 Å². The Labute approximate surface area is 71.5 Å². The first-order valence-corrected chi connectivity index (χ1v) is 4.04. The van der Waals surface area contributed by atoms with Crippen LogP contribution in [0.5, 0.6) is 0 Å². The van der Waals surface area contributed by atoms with Crippen molar-refractivity contribution in [2.75, 3.05) is 0 Å². The van der Waals surface area contributed by atoms with E-state index in [0.29, 0.717) is 4.88 Å². The molecule has 0 unspecified atom stereocenters. The number of carbonyl (C=O) groups is 1. The van der Waals surface area contributed by atoms with Gasteiger partial charge in [-0.15, -0.1) is 11.3 Å². The van der Waals surface area contributed by atoms with E-state index in [4.69, 9.17) is 5.11 Å². The van der Waals surface area contributed by atoms with Crippen molar-refractivity contribution in [3.05, 3.63) is 22.4 Å². The zero-order valence-electron chi connectivity index (χ0n) is 5.96. The first-order valence-electron chi connectivity index (χ1n) is 3.16. The van der Waals surface area contributed by atoms with Crippen LogP contribution in [0.25, 0.3) is 0 Å². The van der Waals surface area contributed by atoms with Crippen molar-refractivity contribution in [1.29, 1.82) is 0 Å². The van der Waals surface area contributed by atoms with E-state index in [1.807, 2.05) is 0 Å². The third-order valence-corrected chi connectivity index (χ3v) is 2.17. The summed E-state index contributed by atoms with van der Waals surface area (Å²) in [6.45, 7) is 0. The van der Waals surface area contributed by atoms with Gasteiger partial charge in [0.2, 0.25) is 0 Å². The van der Waals surface area contributed by atoms with E-state index in [2.05, 4.69) is 0 Å². The lowest BCUT2D eigenvalue weighted by atomic mass is 10.2. The van der Waals surface area contributed by atoms with Gasteiger partial charge in [0.15, 0.2) is 0 Å². The fourth-order valence-corrected chi connectivity index (χ4v) is 1.46. The second-order valence-electron chi connectivity index (χ2n) is 2.27. The van der Waals surface area contributed by atoms with Crippen molar-refractivity contribution in [3.63, 3.8) is 0 Å². The van der Waals surface area contributed by atoms with Gasteiger partial charge >= 0.3 is 11.9 Å². The molecular weight excluding hydrogens is 186 g/mol. The number of hydrogen-bond donors (Lipinski definition) is 1. The van der Waals surface area contributed by atoms with Crippen molar-refractivity contribution in [2.45, 2.75) is 12.3 Å². The molecule has 1 aromatic heterocycles. The van der Waals surface area contributed by atoms with Gasteiger partial charge in [-0.25, -0.2) is 4.79 Å². The second kappa shape index (κ2) is 3.18. The molecule has 0 saturated carbocycles. The summed E-state index contributed by atoms with van der Waals surface area (Å²) < 4.78 is 25.0. The molecule has 66 valence electrons. The molecule has 1 aromatic rings. The van der Waals surface area contributed by atoms with Crippen molar-refractivity contribution in [2.24, 2.45) is 0 Å². The predicted molar refractivity (Wildman–Crippen MR) is 40.6 cm³/mol. The summed E-state index contributed by atoms with van der Waals surface area (Å²) in [7, 11) is 0. The Hall–Kier alpha value is -0.970. The number of rotatable bonds is 3. The zero-order chi connectivity index (χ0) is 9.19. The van der Waals surface area contributed by atoms with E-state index < -0.39 is 18.3 Å². The van der Waals surface area contributed by atoms with Gasteiger partial charge in [-0.05, 0) is 11.4 Å². The lowest BCUT2D eigenvalue weighted by molar-refractivity contribution is -0.164. The normalized spacial score (nSPS) is 11.5. The first-order chi connectivity index (χ1) is 5.52. The summed E-state index contributed by atoms with van der Waals surface area (Å²) in [6, 6.07) is 3.10. The highest BCUT2D eigenvalue weighted by Crippen LogP contribution is 2.22. The van der Waals surface area contributed by atoms with Crippen LogP contribution < -0.4 is 0 Å². The van der Waals surface area contributed by atoms with Crippen LogP contribution in [0.2, 0.25) is 0 Å². The molecule has 0 spiro atoms. The van der Waals surface area contributed by atoms with Gasteiger partial charge in [-0.3, -0.25) is 0 Å². The van der Waals surface area contributed by atoms with Gasteiger partial charge in [0.1, 0.15) is 0 Å². The highest BCUT2D eigenvalue weighted by molar-refractivity contribution is 7.09. The Bertz CT molecular complexity index is 269. The van der Waals surface area contributed by atoms with Crippen LogP contribution >= 0.6 is 11.3 Å². The molecule has 12 heavy (non-hydrogen) atoms. The molecule has 2 nitrogen and oxygen atoms in total. The van der Waals surface area contributed by atoms with Gasteiger partial charge in [-0.1, -0.05) is 6.07 Å². The highest BCUT2D eigenvalue weighted by atomic mass is 32.1. The first kappa shape index (κ1) is 9.12. The fraction of sp³-hybridized carbons (Fsp3) is 0.286. The van der Waals surface area contributed by atoms with Gasteiger partial charge < -0.3 is 5.11 Å². The number of hydrogen-bond acceptors (Lipinski definition) is 2. The minimum atomic E-state index is -3.65. The van der Waals surface area contributed by atoms with Crippen molar-refractivity contribution >= 4 is 17.3 Å². The average Bonchev–Trinajstić information content (AvgIpc) is 2.38. The Morgan fingerprint density at radius 1 is 1.67 bits per heavy atom. The van der Waals surface area contributed by atoms with Crippen LogP contribution in [0.15, 0.2) is 17.5 Å². The smallest absolute Gasteiger partial charge is 0.374 e. The molecule has 0 radical (unpaired) electrons. The molecule has 0 fully saturated rings. The molecular formula is C7H6F2O2S. The molecule has 0 amide bonds. The standard InChI is InChI=1S/C7H6F2O2S/c8-7(9,6(10)11)4-5-2-1-3-12-5/h1-3H,4H2,(H,10,11). The molecule has 0 aliphatic rings. The van der Waals surface area contributed by atoms with Gasteiger partial charge in [0, 0.05) is 4.88 Å². The molecule has 1 heterocycles. The van der Waals surface area contributed by atoms with Crippen LogP contribution in [-0.2, 0) is 11.2 Å². The van der Waals surface area contributed by atoms with E-state index in [9.17, 15) is 13.6 Å². The summed E-state index contributed by atoms with van der Waals surface area (Å²) in [6.07, 6.45) is -0.722. The maximum atomic E-state index is 12.5. The van der Waals surface area contributed by atoms with Gasteiger partial charge in [0.05, 0.1) is 6.42 Å². The maximum absolute atomic E-state index is 12.5. The summed E-state index contributed by atoms with van der Waals surface area (Å²) in [5.41, 5.74) is 0. The Morgan fingerprint density at radius 2 is 2.33 bits per heavy atom. The minimum Gasteiger partial charge on any atom is -0.477 e. The van der Waals surface area contributed by atoms with Gasteiger partial charge in [0.25, 0.3) is 0 Å². The quantitative estimate of drug-likeness (QED) is 0.795. The monoisotopic (exact) mass is 192 g/mol. The van der Waals surface area contributed by atoms with Crippen LogP contribution in [-0.4, -0.2) is 17.0 Å². The maximum Gasteiger partial charge on any atom is 0.374 e. The minimum absolute atomic E-state index is 0.377. The third kappa shape index (κ3) is 2.01. The number of carboxylic acids is 1. The third-order valence-electron chi connectivity index (χ3n) is 1.29. The Balaban J connectivity index is 2.69. The van der Waals surface area contributed by atoms with Crippen molar-refractivity contribution in [3.8, 4) is 0 Å². The summed E-state index contributed by atoms with van der Waals surface area (Å²) in [5, 5.41) is 9.73. The number of halogens is 2. The number of aliphatic carboxylic acids is 1. The molecule has 0 aliphatic carbocycles. The summed E-state index contributed by atoms with van der Waals surface area (Å²) in [5.74, 6) is -5.72. The zero-order valence-corrected chi connectivity index (χ0v) is 6.78. The molecule has 0 atom stereocenters. The topological polar surface area (TPSA) is 37.3 Å². The molecule has 1 N–H and O–H groups in total.